The van der Waals surface area contributed by atoms with Crippen molar-refractivity contribution in [2.24, 2.45) is 23.7 Å². The van der Waals surface area contributed by atoms with E-state index < -0.39 is 74.4 Å². The van der Waals surface area contributed by atoms with Crippen LogP contribution in [0.3, 0.4) is 0 Å². The first-order valence-electron chi connectivity index (χ1n) is 22.0. The number of carboxylic acid groups (broad SMARTS) is 1. The summed E-state index contributed by atoms with van der Waals surface area (Å²) in [5.74, 6) is -4.33. The zero-order chi connectivity index (χ0) is 46.4. The Kier molecular flexibility index (Phi) is 21.6. The molecule has 346 valence electrons. The number of methoxy groups -OCH3 is 2. The fourth-order valence-electron chi connectivity index (χ4n) is 8.56. The van der Waals surface area contributed by atoms with E-state index in [1.54, 1.807) is 43.0 Å². The van der Waals surface area contributed by atoms with Crippen molar-refractivity contribution in [1.82, 2.24) is 25.3 Å². The number of hydrogen-bond acceptors (Lipinski definition) is 9. The standard InChI is InChI=1S/C45H77N5O10Si/c1-14-30(6)40(49(9)44(55)38(28(2)3)47-43(54)39(29(4)5)48(8)36(51)23-19-25-61(12,13)58)35(59-10)27-37(52)50-24-18-22-34(50)41(60-11)31(7)42(53)46-33(45(56)57)26-32-20-16-15-17-21-32/h15-17,20-21,28-31,33-35,38-41,58H,14,18-19,22-27H2,1-13H3,(H,46,53)(H,47,54)(H,56,57)/t30-,31+,33-,34?,35+,38?,39?,40-,41+/m0/s1. The summed E-state index contributed by atoms with van der Waals surface area (Å²) in [4.78, 5) is 96.6. The largest absolute Gasteiger partial charge is 0.480 e. The van der Waals surface area contributed by atoms with E-state index in [4.69, 9.17) is 9.47 Å². The van der Waals surface area contributed by atoms with Crippen molar-refractivity contribution in [3.05, 3.63) is 35.9 Å². The molecule has 9 atom stereocenters. The minimum atomic E-state index is -2.33. The summed E-state index contributed by atoms with van der Waals surface area (Å²) in [6, 6.07) is 5.70. The number of carboxylic acids is 1. The first-order chi connectivity index (χ1) is 28.5. The van der Waals surface area contributed by atoms with Gasteiger partial charge in [-0.15, -0.1) is 0 Å². The molecule has 16 heteroatoms. The Morgan fingerprint density at radius 2 is 1.52 bits per heavy atom. The number of carbonyl (C=O) groups is 6. The van der Waals surface area contributed by atoms with E-state index >= 15 is 0 Å². The number of benzene rings is 1. The summed E-state index contributed by atoms with van der Waals surface area (Å²) in [6.07, 6.45) is 1.25. The summed E-state index contributed by atoms with van der Waals surface area (Å²) in [5.41, 5.74) is 0.770. The van der Waals surface area contributed by atoms with Gasteiger partial charge in [0, 0.05) is 47.7 Å². The number of aliphatic carboxylic acids is 1. The monoisotopic (exact) mass is 876 g/mol. The molecule has 1 fully saturated rings. The number of ether oxygens (including phenoxy) is 2. The summed E-state index contributed by atoms with van der Waals surface area (Å²) in [6.45, 7) is 17.1. The Balaban J connectivity index is 2.28. The van der Waals surface area contributed by atoms with Crippen LogP contribution >= 0.6 is 0 Å². The lowest BCUT2D eigenvalue weighted by atomic mass is 9.89. The van der Waals surface area contributed by atoms with E-state index in [0.29, 0.717) is 38.3 Å². The molecule has 1 aromatic rings. The molecule has 0 bridgehead atoms. The summed E-state index contributed by atoms with van der Waals surface area (Å²) in [7, 11) is 3.93. The average Bonchev–Trinajstić information content (AvgIpc) is 3.68. The third-order valence-corrected chi connectivity index (χ3v) is 13.9. The molecule has 4 N–H and O–H groups in total. The first kappa shape index (κ1) is 53.3. The van der Waals surface area contributed by atoms with Gasteiger partial charge in [0.15, 0.2) is 8.32 Å². The molecule has 0 radical (unpaired) electrons. The molecule has 0 spiro atoms. The van der Waals surface area contributed by atoms with Crippen LogP contribution in [0.5, 0.6) is 0 Å². The van der Waals surface area contributed by atoms with E-state index in [1.165, 1.54) is 19.1 Å². The number of rotatable bonds is 25. The number of nitrogens with one attached hydrogen (secondary N) is 2. The van der Waals surface area contributed by atoms with Crippen molar-refractivity contribution >= 4 is 43.8 Å². The van der Waals surface area contributed by atoms with Gasteiger partial charge in [-0.2, -0.15) is 0 Å². The smallest absolute Gasteiger partial charge is 0.326 e. The lowest BCUT2D eigenvalue weighted by molar-refractivity contribution is -0.149. The topological polar surface area (TPSA) is 195 Å². The Bertz CT molecular complexity index is 1590. The zero-order valence-electron chi connectivity index (χ0n) is 39.1. The third kappa shape index (κ3) is 15.5. The van der Waals surface area contributed by atoms with Gasteiger partial charge in [0.05, 0.1) is 36.6 Å². The summed E-state index contributed by atoms with van der Waals surface area (Å²) in [5, 5.41) is 15.6. The molecule has 1 aliphatic heterocycles. The highest BCUT2D eigenvalue weighted by molar-refractivity contribution is 6.69. The Hall–Kier alpha value is -3.86. The summed E-state index contributed by atoms with van der Waals surface area (Å²) >= 11 is 0. The fraction of sp³-hybridized carbons (Fsp3) is 0.733. The van der Waals surface area contributed by atoms with E-state index in [-0.39, 0.29) is 54.7 Å². The lowest BCUT2D eigenvalue weighted by Crippen LogP contribution is -2.60. The van der Waals surface area contributed by atoms with Crippen molar-refractivity contribution in [3.8, 4) is 0 Å². The second-order valence-corrected chi connectivity index (χ2v) is 22.4. The molecule has 2 rings (SSSR count). The van der Waals surface area contributed by atoms with E-state index in [1.807, 2.05) is 72.8 Å². The first-order valence-corrected chi connectivity index (χ1v) is 25.1. The molecule has 1 heterocycles. The van der Waals surface area contributed by atoms with Gasteiger partial charge in [-0.1, -0.05) is 85.2 Å². The SMILES string of the molecule is CC[C@H](C)[C@@H]([C@@H](CC(=O)N1CCCC1[C@H](OC)[C@@H](C)C(=O)N[C@@H](Cc1ccccc1)C(=O)O)OC)N(C)C(=O)C(NC(=O)C(C(C)C)N(C)C(=O)CCC[Si](C)(C)O)C(C)C. The average molecular weight is 876 g/mol. The molecule has 1 aliphatic rings. The summed E-state index contributed by atoms with van der Waals surface area (Å²) < 4.78 is 11.9. The van der Waals surface area contributed by atoms with Crippen molar-refractivity contribution in [2.75, 3.05) is 34.9 Å². The minimum absolute atomic E-state index is 0.0637. The van der Waals surface area contributed by atoms with Gasteiger partial charge in [-0.05, 0) is 61.7 Å². The highest BCUT2D eigenvalue weighted by atomic mass is 28.4. The Labute approximate surface area is 365 Å². The molecule has 3 unspecified atom stereocenters. The van der Waals surface area contributed by atoms with Gasteiger partial charge in [0.1, 0.15) is 18.1 Å². The number of amides is 5. The second-order valence-electron chi connectivity index (χ2n) is 18.3. The maximum Gasteiger partial charge on any atom is 0.326 e. The molecule has 61 heavy (non-hydrogen) atoms. The van der Waals surface area contributed by atoms with Crippen LogP contribution in [-0.2, 0) is 44.7 Å². The highest BCUT2D eigenvalue weighted by Gasteiger charge is 2.44. The predicted octanol–water partition coefficient (Wildman–Crippen LogP) is 4.32. The maximum atomic E-state index is 14.5. The molecule has 0 saturated carbocycles. The molecule has 1 saturated heterocycles. The van der Waals surface area contributed by atoms with Gasteiger partial charge >= 0.3 is 5.97 Å². The molecule has 1 aromatic carbocycles. The van der Waals surface area contributed by atoms with Gasteiger partial charge < -0.3 is 44.7 Å². The Morgan fingerprint density at radius 1 is 0.902 bits per heavy atom. The quantitative estimate of drug-likeness (QED) is 0.103. The van der Waals surface area contributed by atoms with Gasteiger partial charge in [-0.25, -0.2) is 4.79 Å². The van der Waals surface area contributed by atoms with Crippen molar-refractivity contribution in [1.29, 1.82) is 0 Å². The van der Waals surface area contributed by atoms with Crippen LogP contribution in [0.1, 0.15) is 92.6 Å². The van der Waals surface area contributed by atoms with E-state index in [2.05, 4.69) is 10.6 Å². The van der Waals surface area contributed by atoms with Crippen LogP contribution in [0.25, 0.3) is 0 Å². The second kappa shape index (κ2) is 24.7. The minimum Gasteiger partial charge on any atom is -0.480 e. The lowest BCUT2D eigenvalue weighted by Gasteiger charge is -2.41. The number of likely N-dealkylation sites (N-methyl/N-ethyl adjacent to an activating group) is 2. The maximum absolute atomic E-state index is 14.5. The van der Waals surface area contributed by atoms with Crippen LogP contribution < -0.4 is 10.6 Å². The van der Waals surface area contributed by atoms with Crippen molar-refractivity contribution in [2.45, 2.75) is 155 Å². The van der Waals surface area contributed by atoms with Crippen LogP contribution in [0.15, 0.2) is 30.3 Å². The zero-order valence-corrected chi connectivity index (χ0v) is 40.1. The van der Waals surface area contributed by atoms with Gasteiger partial charge in [0.2, 0.25) is 29.5 Å². The predicted molar refractivity (Wildman–Crippen MR) is 238 cm³/mol. The van der Waals surface area contributed by atoms with Crippen molar-refractivity contribution < 1.29 is 48.1 Å². The number of likely N-dealkylation sites (tertiary alicyclic amines) is 1. The van der Waals surface area contributed by atoms with E-state index in [0.717, 1.165) is 5.56 Å². The molecular formula is C45H77N5O10Si. The fourth-order valence-corrected chi connectivity index (χ4v) is 9.60. The molecule has 0 aliphatic carbocycles. The molecule has 5 amide bonds. The molecule has 0 aromatic heterocycles. The van der Waals surface area contributed by atoms with E-state index in [9.17, 15) is 38.7 Å². The van der Waals surface area contributed by atoms with Gasteiger partial charge in [-0.3, -0.25) is 24.0 Å². The molecule has 15 nitrogen and oxygen atoms in total. The van der Waals surface area contributed by atoms with Crippen molar-refractivity contribution in [3.63, 3.8) is 0 Å². The van der Waals surface area contributed by atoms with Crippen LogP contribution in [-0.4, -0.2) is 146 Å². The molecular weight excluding hydrogens is 799 g/mol. The Morgan fingerprint density at radius 3 is 2.03 bits per heavy atom. The normalized spacial score (nSPS) is 18.4. The highest BCUT2D eigenvalue weighted by Crippen LogP contribution is 2.30. The number of carbonyl (C=O) groups excluding carboxylic acids is 5. The third-order valence-electron chi connectivity index (χ3n) is 12.3. The number of hydrogen-bond donors (Lipinski definition) is 4. The van der Waals surface area contributed by atoms with Crippen LogP contribution in [0.2, 0.25) is 19.1 Å². The van der Waals surface area contributed by atoms with Gasteiger partial charge in [0.25, 0.3) is 0 Å². The van der Waals surface area contributed by atoms with Crippen LogP contribution in [0, 0.1) is 23.7 Å². The van der Waals surface area contributed by atoms with Crippen LogP contribution in [0.4, 0.5) is 0 Å². The number of nitrogens with zero attached hydrogens (tertiary/aromatic N) is 3.